The number of hydrogen-bond acceptors (Lipinski definition) is 6. The fraction of sp³-hybridized carbons (Fsp3) is 0.450. The van der Waals surface area contributed by atoms with Crippen molar-refractivity contribution < 1.29 is 14.3 Å². The van der Waals surface area contributed by atoms with Gasteiger partial charge in [-0.2, -0.15) is 0 Å². The second kappa shape index (κ2) is 9.90. The van der Waals surface area contributed by atoms with Gasteiger partial charge in [0.05, 0.1) is 16.3 Å². The highest BCUT2D eigenvalue weighted by atomic mass is 32.2. The Balaban J connectivity index is 1.52. The molecule has 0 saturated heterocycles. The number of thioether (sulfide) groups is 1. The van der Waals surface area contributed by atoms with Crippen molar-refractivity contribution in [3.63, 3.8) is 0 Å². The van der Waals surface area contributed by atoms with Crippen LogP contribution < -0.4 is 5.32 Å². The minimum Gasteiger partial charge on any atom is -0.452 e. The van der Waals surface area contributed by atoms with Crippen LogP contribution in [0.5, 0.6) is 0 Å². The smallest absolute Gasteiger partial charge is 0.339 e. The zero-order valence-corrected chi connectivity index (χ0v) is 17.0. The van der Waals surface area contributed by atoms with Crippen molar-refractivity contribution in [1.29, 1.82) is 0 Å². The third-order valence-corrected chi connectivity index (χ3v) is 6.38. The van der Waals surface area contributed by atoms with Crippen molar-refractivity contribution in [2.24, 2.45) is 0 Å². The summed E-state index contributed by atoms with van der Waals surface area (Å²) in [4.78, 5) is 29.8. The molecule has 1 aliphatic rings. The quantitative estimate of drug-likeness (QED) is 0.549. The van der Waals surface area contributed by atoms with Crippen LogP contribution in [0, 0.1) is 6.92 Å². The number of aryl methyl sites for hydroxylation is 1. The van der Waals surface area contributed by atoms with Gasteiger partial charge in [-0.25, -0.2) is 9.78 Å². The third kappa shape index (κ3) is 6.07. The second-order valence-corrected chi connectivity index (χ2v) is 8.70. The van der Waals surface area contributed by atoms with E-state index in [4.69, 9.17) is 4.74 Å². The van der Waals surface area contributed by atoms with Crippen LogP contribution in [-0.4, -0.2) is 29.5 Å². The lowest BCUT2D eigenvalue weighted by Crippen LogP contribution is -2.38. The molecule has 0 radical (unpaired) electrons. The highest BCUT2D eigenvalue weighted by Gasteiger charge is 2.18. The number of thiazole rings is 1. The van der Waals surface area contributed by atoms with Crippen LogP contribution in [0.15, 0.2) is 34.5 Å². The minimum atomic E-state index is -0.466. The van der Waals surface area contributed by atoms with Crippen molar-refractivity contribution in [2.45, 2.75) is 55.7 Å². The maximum absolute atomic E-state index is 12.4. The normalized spacial score (nSPS) is 14.7. The summed E-state index contributed by atoms with van der Waals surface area (Å²) >= 11 is 3.16. The number of benzene rings is 1. The van der Waals surface area contributed by atoms with Crippen LogP contribution in [0.25, 0.3) is 0 Å². The van der Waals surface area contributed by atoms with Crippen LogP contribution in [0.1, 0.15) is 53.2 Å². The fourth-order valence-electron chi connectivity index (χ4n) is 3.11. The van der Waals surface area contributed by atoms with E-state index in [1.165, 1.54) is 6.42 Å². The van der Waals surface area contributed by atoms with Crippen LogP contribution in [0.4, 0.5) is 0 Å². The molecule has 144 valence electrons. The van der Waals surface area contributed by atoms with Crippen molar-refractivity contribution >= 4 is 35.0 Å². The van der Waals surface area contributed by atoms with Gasteiger partial charge in [-0.1, -0.05) is 31.4 Å². The van der Waals surface area contributed by atoms with Gasteiger partial charge in [0.2, 0.25) is 0 Å². The van der Waals surface area contributed by atoms with Gasteiger partial charge in [0.25, 0.3) is 5.91 Å². The van der Waals surface area contributed by atoms with Gasteiger partial charge in [0, 0.05) is 22.1 Å². The molecule has 1 saturated carbocycles. The highest BCUT2D eigenvalue weighted by molar-refractivity contribution is 7.98. The Hall–Kier alpha value is -1.86. The first-order valence-electron chi connectivity index (χ1n) is 9.21. The number of aromatic nitrogens is 1. The van der Waals surface area contributed by atoms with E-state index in [9.17, 15) is 9.59 Å². The molecular weight excluding hydrogens is 380 g/mol. The number of amides is 1. The fourth-order valence-corrected chi connectivity index (χ4v) is 4.76. The molecule has 27 heavy (non-hydrogen) atoms. The number of esters is 1. The first kappa shape index (κ1) is 19.9. The maximum atomic E-state index is 12.4. The van der Waals surface area contributed by atoms with E-state index in [1.807, 2.05) is 24.4 Å². The Labute approximate surface area is 167 Å². The first-order chi connectivity index (χ1) is 13.1. The van der Waals surface area contributed by atoms with E-state index in [0.717, 1.165) is 41.3 Å². The van der Waals surface area contributed by atoms with E-state index in [2.05, 4.69) is 10.3 Å². The number of nitrogens with zero attached hydrogens (tertiary/aromatic N) is 1. The molecule has 0 unspecified atom stereocenters. The average Bonchev–Trinajstić information content (AvgIpc) is 3.11. The summed E-state index contributed by atoms with van der Waals surface area (Å²) in [7, 11) is 0. The summed E-state index contributed by atoms with van der Waals surface area (Å²) < 4.78 is 5.25. The highest BCUT2D eigenvalue weighted by Crippen LogP contribution is 2.27. The molecule has 1 amide bonds. The maximum Gasteiger partial charge on any atom is 0.339 e. The predicted molar refractivity (Wildman–Crippen MR) is 108 cm³/mol. The molecule has 5 nitrogen and oxygen atoms in total. The third-order valence-electron chi connectivity index (χ3n) is 4.45. The SMILES string of the molecule is Cc1nc(CSc2ccccc2C(=O)OCC(=O)NC2CCCCC2)cs1. The predicted octanol–water partition coefficient (Wildman–Crippen LogP) is 4.35. The molecule has 1 aromatic heterocycles. The van der Waals surface area contributed by atoms with Gasteiger partial charge in [-0.15, -0.1) is 23.1 Å². The monoisotopic (exact) mass is 404 g/mol. The van der Waals surface area contributed by atoms with E-state index in [1.54, 1.807) is 35.2 Å². The number of nitrogens with one attached hydrogen (secondary N) is 1. The van der Waals surface area contributed by atoms with Gasteiger partial charge in [0.15, 0.2) is 6.61 Å². The van der Waals surface area contributed by atoms with Gasteiger partial charge < -0.3 is 10.1 Å². The zero-order valence-electron chi connectivity index (χ0n) is 15.4. The summed E-state index contributed by atoms with van der Waals surface area (Å²) in [5.74, 6) is 0.00116. The molecule has 1 N–H and O–H groups in total. The largest absolute Gasteiger partial charge is 0.452 e. The molecule has 1 aromatic carbocycles. The molecule has 3 rings (SSSR count). The van der Waals surface area contributed by atoms with Crippen molar-refractivity contribution in [3.05, 3.63) is 45.9 Å². The summed E-state index contributed by atoms with van der Waals surface area (Å²) in [5.41, 5.74) is 1.48. The Morgan fingerprint density at radius 2 is 2.04 bits per heavy atom. The average molecular weight is 405 g/mol. The number of carbonyl (C=O) groups is 2. The van der Waals surface area contributed by atoms with Gasteiger partial charge in [-0.3, -0.25) is 4.79 Å². The lowest BCUT2D eigenvalue weighted by atomic mass is 9.95. The lowest BCUT2D eigenvalue weighted by Gasteiger charge is -2.22. The Morgan fingerprint density at radius 3 is 2.78 bits per heavy atom. The molecule has 1 aliphatic carbocycles. The number of ether oxygens (including phenoxy) is 1. The summed E-state index contributed by atoms with van der Waals surface area (Å²) in [6.45, 7) is 1.74. The molecule has 1 fully saturated rings. The Bertz CT molecular complexity index is 785. The molecular formula is C20H24N2O3S2. The van der Waals surface area contributed by atoms with Crippen molar-refractivity contribution in [1.82, 2.24) is 10.3 Å². The van der Waals surface area contributed by atoms with Crippen LogP contribution in [0.2, 0.25) is 0 Å². The zero-order chi connectivity index (χ0) is 19.1. The van der Waals surface area contributed by atoms with E-state index in [0.29, 0.717) is 11.3 Å². The van der Waals surface area contributed by atoms with Gasteiger partial charge in [-0.05, 0) is 31.9 Å². The Kier molecular flexibility index (Phi) is 7.29. The summed E-state index contributed by atoms with van der Waals surface area (Å²) in [5, 5.41) is 6.02. The number of hydrogen-bond donors (Lipinski definition) is 1. The molecule has 7 heteroatoms. The molecule has 1 heterocycles. The van der Waals surface area contributed by atoms with E-state index in [-0.39, 0.29) is 18.6 Å². The molecule has 2 aromatic rings. The van der Waals surface area contributed by atoms with Crippen LogP contribution >= 0.6 is 23.1 Å². The molecule has 0 aliphatic heterocycles. The van der Waals surface area contributed by atoms with Crippen LogP contribution in [0.3, 0.4) is 0 Å². The number of carbonyl (C=O) groups excluding carboxylic acids is 2. The van der Waals surface area contributed by atoms with Crippen LogP contribution in [-0.2, 0) is 15.3 Å². The molecule has 0 spiro atoms. The van der Waals surface area contributed by atoms with E-state index < -0.39 is 5.97 Å². The second-order valence-electron chi connectivity index (χ2n) is 6.62. The van der Waals surface area contributed by atoms with Gasteiger partial charge >= 0.3 is 5.97 Å². The van der Waals surface area contributed by atoms with Crippen molar-refractivity contribution in [2.75, 3.05) is 6.61 Å². The first-order valence-corrected chi connectivity index (χ1v) is 11.1. The van der Waals surface area contributed by atoms with Crippen molar-refractivity contribution in [3.8, 4) is 0 Å². The lowest BCUT2D eigenvalue weighted by molar-refractivity contribution is -0.125. The Morgan fingerprint density at radius 1 is 1.26 bits per heavy atom. The topological polar surface area (TPSA) is 68.3 Å². The molecule has 0 bridgehead atoms. The number of rotatable bonds is 7. The standard InChI is InChI=1S/C20H24N2O3S2/c1-14-21-16(12-26-14)13-27-18-10-6-5-9-17(18)20(24)25-11-19(23)22-15-7-3-2-4-8-15/h5-6,9-10,12,15H,2-4,7-8,11,13H2,1H3,(H,22,23). The minimum absolute atomic E-state index is 0.217. The van der Waals surface area contributed by atoms with Gasteiger partial charge in [0.1, 0.15) is 0 Å². The molecule has 0 atom stereocenters. The summed E-state index contributed by atoms with van der Waals surface area (Å²) in [6.07, 6.45) is 5.54. The summed E-state index contributed by atoms with van der Waals surface area (Å²) in [6, 6.07) is 7.53. The van der Waals surface area contributed by atoms with E-state index >= 15 is 0 Å².